The van der Waals surface area contributed by atoms with Crippen molar-refractivity contribution in [2.45, 2.75) is 19.4 Å². The van der Waals surface area contributed by atoms with Crippen molar-refractivity contribution in [2.24, 2.45) is 5.16 Å². The first-order valence-electron chi connectivity index (χ1n) is 7.21. The summed E-state index contributed by atoms with van der Waals surface area (Å²) in [4.78, 5) is 5.33. The smallest absolute Gasteiger partial charge is 0.143 e. The van der Waals surface area contributed by atoms with E-state index in [1.165, 1.54) is 5.56 Å². The number of hydrogen-bond donors (Lipinski definition) is 0. The van der Waals surface area contributed by atoms with Crippen LogP contribution in [0.3, 0.4) is 0 Å². The summed E-state index contributed by atoms with van der Waals surface area (Å²) in [5.41, 5.74) is 4.15. The van der Waals surface area contributed by atoms with Crippen LogP contribution in [-0.4, -0.2) is 6.21 Å². The maximum Gasteiger partial charge on any atom is 0.143 e. The Balaban J connectivity index is 1.67. The van der Waals surface area contributed by atoms with Crippen molar-refractivity contribution in [3.63, 3.8) is 0 Å². The molecule has 0 heterocycles. The van der Waals surface area contributed by atoms with Gasteiger partial charge in [0.2, 0.25) is 0 Å². The number of allylic oxidation sites excluding steroid dienone is 1. The topological polar surface area (TPSA) is 21.6 Å². The second kappa shape index (κ2) is 7.39. The zero-order valence-electron chi connectivity index (χ0n) is 12.2. The highest BCUT2D eigenvalue weighted by molar-refractivity contribution is 6.50. The first kappa shape index (κ1) is 16.4. The summed E-state index contributed by atoms with van der Waals surface area (Å²) >= 11 is 18.4. The summed E-state index contributed by atoms with van der Waals surface area (Å²) in [6, 6.07) is 13.4. The lowest BCUT2D eigenvalue weighted by molar-refractivity contribution is 0.132. The summed E-state index contributed by atoms with van der Waals surface area (Å²) < 4.78 is 0. The van der Waals surface area contributed by atoms with E-state index in [1.54, 1.807) is 18.3 Å². The molecule has 5 heteroatoms. The fraction of sp³-hybridized carbons (Fsp3) is 0.167. The molecule has 0 amide bonds. The third kappa shape index (κ3) is 3.89. The zero-order chi connectivity index (χ0) is 16.2. The van der Waals surface area contributed by atoms with Crippen molar-refractivity contribution in [1.82, 2.24) is 0 Å². The first-order chi connectivity index (χ1) is 11.1. The van der Waals surface area contributed by atoms with Crippen molar-refractivity contribution < 1.29 is 4.84 Å². The fourth-order valence-electron chi connectivity index (χ4n) is 2.47. The van der Waals surface area contributed by atoms with Crippen LogP contribution >= 0.6 is 34.8 Å². The average molecular weight is 367 g/mol. The number of aryl methyl sites for hydroxylation is 1. The minimum Gasteiger partial charge on any atom is -0.391 e. The van der Waals surface area contributed by atoms with Gasteiger partial charge in [0.15, 0.2) is 0 Å². The first-order valence-corrected chi connectivity index (χ1v) is 8.35. The van der Waals surface area contributed by atoms with Gasteiger partial charge in [0.1, 0.15) is 6.61 Å². The van der Waals surface area contributed by atoms with Gasteiger partial charge in [-0.1, -0.05) is 70.3 Å². The molecular formula is C18H14Cl3NO. The minimum absolute atomic E-state index is 0.286. The van der Waals surface area contributed by atoms with Crippen molar-refractivity contribution >= 4 is 46.0 Å². The Morgan fingerprint density at radius 2 is 1.87 bits per heavy atom. The number of fused-ring (bicyclic) bond motifs is 1. The molecule has 0 aliphatic heterocycles. The fourth-order valence-corrected chi connectivity index (χ4v) is 3.26. The van der Waals surface area contributed by atoms with Gasteiger partial charge < -0.3 is 4.84 Å². The van der Waals surface area contributed by atoms with Crippen molar-refractivity contribution in [1.29, 1.82) is 0 Å². The van der Waals surface area contributed by atoms with Gasteiger partial charge >= 0.3 is 0 Å². The minimum atomic E-state index is 0.286. The molecule has 0 radical (unpaired) electrons. The van der Waals surface area contributed by atoms with Crippen LogP contribution in [0.1, 0.15) is 23.1 Å². The van der Waals surface area contributed by atoms with Gasteiger partial charge in [0, 0.05) is 15.6 Å². The van der Waals surface area contributed by atoms with Gasteiger partial charge in [-0.05, 0) is 41.7 Å². The third-order valence-corrected chi connectivity index (χ3v) is 4.75. The molecule has 0 spiro atoms. The normalized spacial score (nSPS) is 14.2. The van der Waals surface area contributed by atoms with Gasteiger partial charge in [-0.25, -0.2) is 0 Å². The quantitative estimate of drug-likeness (QED) is 0.474. The van der Waals surface area contributed by atoms with Crippen molar-refractivity contribution in [3.8, 4) is 0 Å². The molecule has 0 N–H and O–H groups in total. The van der Waals surface area contributed by atoms with E-state index >= 15 is 0 Å². The molecule has 1 aliphatic carbocycles. The number of rotatable bonds is 4. The lowest BCUT2D eigenvalue weighted by Crippen LogP contribution is -2.03. The van der Waals surface area contributed by atoms with E-state index in [4.69, 9.17) is 39.6 Å². The number of nitrogens with zero attached hydrogens (tertiary/aromatic N) is 1. The van der Waals surface area contributed by atoms with Crippen LogP contribution in [0.2, 0.25) is 10.0 Å². The molecule has 0 aromatic heterocycles. The van der Waals surface area contributed by atoms with Crippen molar-refractivity contribution in [3.05, 3.63) is 74.8 Å². The Hall–Kier alpha value is -1.48. The molecule has 118 valence electrons. The van der Waals surface area contributed by atoms with E-state index in [9.17, 15) is 0 Å². The summed E-state index contributed by atoms with van der Waals surface area (Å²) in [6.45, 7) is 0.286. The Morgan fingerprint density at radius 1 is 1.04 bits per heavy atom. The molecular weight excluding hydrogens is 353 g/mol. The van der Waals surface area contributed by atoms with Crippen LogP contribution in [0.25, 0.3) is 5.03 Å². The third-order valence-electron chi connectivity index (χ3n) is 3.72. The van der Waals surface area contributed by atoms with Crippen LogP contribution in [0.15, 0.2) is 53.2 Å². The van der Waals surface area contributed by atoms with Crippen LogP contribution < -0.4 is 0 Å². The van der Waals surface area contributed by atoms with Gasteiger partial charge in [-0.15, -0.1) is 0 Å². The molecule has 2 aromatic carbocycles. The predicted octanol–water partition coefficient (Wildman–Crippen LogP) is 6.09. The lowest BCUT2D eigenvalue weighted by Gasteiger charge is -2.16. The van der Waals surface area contributed by atoms with Gasteiger partial charge in [0.25, 0.3) is 0 Å². The lowest BCUT2D eigenvalue weighted by atomic mass is 9.92. The van der Waals surface area contributed by atoms with E-state index < -0.39 is 0 Å². The molecule has 23 heavy (non-hydrogen) atoms. The molecule has 0 unspecified atom stereocenters. The van der Waals surface area contributed by atoms with Crippen LogP contribution in [0, 0.1) is 0 Å². The maximum atomic E-state index is 6.45. The average Bonchev–Trinajstić information content (AvgIpc) is 2.55. The van der Waals surface area contributed by atoms with E-state index in [-0.39, 0.29) is 6.61 Å². The monoisotopic (exact) mass is 365 g/mol. The Morgan fingerprint density at radius 3 is 2.70 bits per heavy atom. The highest BCUT2D eigenvalue weighted by Crippen LogP contribution is 2.33. The second-order valence-electron chi connectivity index (χ2n) is 5.24. The highest BCUT2D eigenvalue weighted by Gasteiger charge is 2.15. The summed E-state index contributed by atoms with van der Waals surface area (Å²) in [6.07, 6.45) is 3.49. The summed E-state index contributed by atoms with van der Waals surface area (Å²) in [5.74, 6) is 0. The molecule has 0 saturated carbocycles. The standard InChI is InChI=1S/C18H14Cl3NO/c19-15-8-7-14(17(20)9-15)11-23-22-10-13-6-5-12-3-1-2-4-16(12)18(13)21/h1-4,7-10H,5-6,11H2/b22-10+. The van der Waals surface area contributed by atoms with E-state index in [0.717, 1.165) is 34.6 Å². The zero-order valence-corrected chi connectivity index (χ0v) is 14.5. The number of hydrogen-bond acceptors (Lipinski definition) is 2. The van der Waals surface area contributed by atoms with Crippen molar-refractivity contribution in [2.75, 3.05) is 0 Å². The van der Waals surface area contributed by atoms with E-state index in [2.05, 4.69) is 11.2 Å². The highest BCUT2D eigenvalue weighted by atomic mass is 35.5. The summed E-state index contributed by atoms with van der Waals surface area (Å²) in [5, 5.41) is 5.92. The Labute approximate surface area is 150 Å². The summed E-state index contributed by atoms with van der Waals surface area (Å²) in [7, 11) is 0. The van der Waals surface area contributed by atoms with Gasteiger partial charge in [-0.2, -0.15) is 0 Å². The van der Waals surface area contributed by atoms with E-state index in [1.807, 2.05) is 24.3 Å². The Kier molecular flexibility index (Phi) is 5.27. The molecule has 0 atom stereocenters. The molecule has 0 fully saturated rings. The molecule has 2 nitrogen and oxygen atoms in total. The number of benzene rings is 2. The molecule has 3 rings (SSSR count). The van der Waals surface area contributed by atoms with Gasteiger partial charge in [0.05, 0.1) is 11.2 Å². The largest absolute Gasteiger partial charge is 0.391 e. The second-order valence-corrected chi connectivity index (χ2v) is 6.46. The van der Waals surface area contributed by atoms with Gasteiger partial charge in [-0.3, -0.25) is 0 Å². The Bertz CT molecular complexity index is 784. The molecule has 0 saturated heterocycles. The van der Waals surface area contributed by atoms with Crippen LogP contribution in [0.5, 0.6) is 0 Å². The van der Waals surface area contributed by atoms with E-state index in [0.29, 0.717) is 10.0 Å². The SMILES string of the molecule is ClC1=C(/C=N/OCc2ccc(Cl)cc2Cl)CCc2ccccc21. The maximum absolute atomic E-state index is 6.45. The predicted molar refractivity (Wildman–Crippen MR) is 97.3 cm³/mol. The number of oxime groups is 1. The molecule has 2 aromatic rings. The number of halogens is 3. The molecule has 1 aliphatic rings. The van der Waals surface area contributed by atoms with Crippen LogP contribution in [-0.2, 0) is 17.9 Å². The van der Waals surface area contributed by atoms with Crippen LogP contribution in [0.4, 0.5) is 0 Å². The molecule has 0 bridgehead atoms.